The number of aromatic nitrogens is 3. The molecule has 0 amide bonds. The lowest BCUT2D eigenvalue weighted by Crippen LogP contribution is -1.88. The molecule has 2 N–H and O–H groups in total. The first kappa shape index (κ1) is 10.5. The monoisotopic (exact) mass is 201 g/mol. The molecule has 0 aliphatic rings. The molecule has 0 aliphatic heterocycles. The van der Waals surface area contributed by atoms with Crippen molar-refractivity contribution in [3.8, 4) is 0 Å². The lowest BCUT2D eigenvalue weighted by Gasteiger charge is -1.91. The van der Waals surface area contributed by atoms with Crippen LogP contribution in [0.3, 0.4) is 0 Å². The standard InChI is InChI=1S/C8H15N3OS/c1-2-3-4-7-9-8(11-10-7)13-6-5-12/h12H,2-6H2,1H3,(H,9,10,11). The highest BCUT2D eigenvalue weighted by Crippen LogP contribution is 2.11. The van der Waals surface area contributed by atoms with Crippen molar-refractivity contribution in [2.24, 2.45) is 0 Å². The van der Waals surface area contributed by atoms with E-state index in [4.69, 9.17) is 5.11 Å². The molecule has 0 unspecified atom stereocenters. The normalized spacial score (nSPS) is 10.6. The Hall–Kier alpha value is -0.550. The van der Waals surface area contributed by atoms with E-state index in [1.165, 1.54) is 18.2 Å². The minimum Gasteiger partial charge on any atom is -0.396 e. The first-order valence-corrected chi connectivity index (χ1v) is 5.50. The molecule has 0 saturated heterocycles. The number of thioether (sulfide) groups is 1. The van der Waals surface area contributed by atoms with Crippen molar-refractivity contribution >= 4 is 11.8 Å². The molecule has 0 bridgehead atoms. The Labute approximate surface area is 82.2 Å². The van der Waals surface area contributed by atoms with Crippen LogP contribution >= 0.6 is 11.8 Å². The van der Waals surface area contributed by atoms with Crippen LogP contribution in [-0.2, 0) is 6.42 Å². The molecule has 1 rings (SSSR count). The molecule has 0 fully saturated rings. The number of nitrogens with zero attached hydrogens (tertiary/aromatic N) is 2. The van der Waals surface area contributed by atoms with E-state index in [1.807, 2.05) is 0 Å². The van der Waals surface area contributed by atoms with Crippen LogP contribution in [0.5, 0.6) is 0 Å². The molecule has 0 saturated carbocycles. The zero-order valence-electron chi connectivity index (χ0n) is 7.79. The maximum Gasteiger partial charge on any atom is 0.208 e. The van der Waals surface area contributed by atoms with Gasteiger partial charge in [0.05, 0.1) is 6.61 Å². The predicted octanol–water partition coefficient (Wildman–Crippen LogP) is 1.23. The molecule has 1 aromatic rings. The Morgan fingerprint density at radius 1 is 1.54 bits per heavy atom. The highest BCUT2D eigenvalue weighted by molar-refractivity contribution is 7.99. The largest absolute Gasteiger partial charge is 0.396 e. The number of hydrogen-bond donors (Lipinski definition) is 2. The van der Waals surface area contributed by atoms with Crippen LogP contribution in [0.15, 0.2) is 5.16 Å². The van der Waals surface area contributed by atoms with E-state index in [2.05, 4.69) is 22.1 Å². The van der Waals surface area contributed by atoms with Gasteiger partial charge >= 0.3 is 0 Å². The summed E-state index contributed by atoms with van der Waals surface area (Å²) in [6.07, 6.45) is 3.27. The second-order valence-electron chi connectivity index (χ2n) is 2.74. The lowest BCUT2D eigenvalue weighted by molar-refractivity contribution is 0.322. The molecular weight excluding hydrogens is 186 g/mol. The van der Waals surface area contributed by atoms with Crippen molar-refractivity contribution in [1.82, 2.24) is 15.2 Å². The van der Waals surface area contributed by atoms with E-state index < -0.39 is 0 Å². The van der Waals surface area contributed by atoms with Gasteiger partial charge in [-0.3, -0.25) is 5.10 Å². The van der Waals surface area contributed by atoms with Gasteiger partial charge in [-0.25, -0.2) is 4.98 Å². The van der Waals surface area contributed by atoms with Crippen LogP contribution in [-0.4, -0.2) is 32.6 Å². The fourth-order valence-corrected chi connectivity index (χ4v) is 1.49. The Kier molecular flexibility index (Phi) is 4.85. The van der Waals surface area contributed by atoms with Crippen molar-refractivity contribution in [2.45, 2.75) is 31.3 Å². The van der Waals surface area contributed by atoms with Gasteiger partial charge < -0.3 is 5.11 Å². The van der Waals surface area contributed by atoms with Gasteiger partial charge in [-0.05, 0) is 6.42 Å². The number of unbranched alkanes of at least 4 members (excludes halogenated alkanes) is 1. The SMILES string of the molecule is CCCCc1nc(SCCO)n[nH]1. The number of aliphatic hydroxyl groups is 1. The van der Waals surface area contributed by atoms with Gasteiger partial charge in [0.15, 0.2) is 0 Å². The molecule has 0 aliphatic carbocycles. The van der Waals surface area contributed by atoms with E-state index in [9.17, 15) is 0 Å². The lowest BCUT2D eigenvalue weighted by atomic mass is 10.2. The van der Waals surface area contributed by atoms with Crippen molar-refractivity contribution in [3.63, 3.8) is 0 Å². The summed E-state index contributed by atoms with van der Waals surface area (Å²) in [5.74, 6) is 1.60. The van der Waals surface area contributed by atoms with E-state index in [0.717, 1.165) is 23.8 Å². The van der Waals surface area contributed by atoms with Gasteiger partial charge in [0.25, 0.3) is 0 Å². The number of nitrogens with one attached hydrogen (secondary N) is 1. The highest BCUT2D eigenvalue weighted by Gasteiger charge is 2.02. The minimum atomic E-state index is 0.170. The zero-order chi connectivity index (χ0) is 9.52. The summed E-state index contributed by atoms with van der Waals surface area (Å²) < 4.78 is 0. The topological polar surface area (TPSA) is 61.8 Å². The average Bonchev–Trinajstić information content (AvgIpc) is 2.59. The molecule has 13 heavy (non-hydrogen) atoms. The Balaban J connectivity index is 2.34. The van der Waals surface area contributed by atoms with Crippen molar-refractivity contribution in [2.75, 3.05) is 12.4 Å². The summed E-state index contributed by atoms with van der Waals surface area (Å²) in [5.41, 5.74) is 0. The number of aromatic amines is 1. The van der Waals surface area contributed by atoms with Gasteiger partial charge in [0.2, 0.25) is 5.16 Å². The Morgan fingerprint density at radius 2 is 2.38 bits per heavy atom. The fraction of sp³-hybridized carbons (Fsp3) is 0.750. The average molecular weight is 201 g/mol. The summed E-state index contributed by atoms with van der Waals surface area (Å²) in [6.45, 7) is 2.32. The van der Waals surface area contributed by atoms with Gasteiger partial charge in [-0.2, -0.15) is 0 Å². The number of rotatable bonds is 6. The molecule has 5 heteroatoms. The van der Waals surface area contributed by atoms with Crippen LogP contribution in [0.25, 0.3) is 0 Å². The predicted molar refractivity (Wildman–Crippen MR) is 52.8 cm³/mol. The summed E-state index contributed by atoms with van der Waals surface area (Å²) >= 11 is 1.47. The van der Waals surface area contributed by atoms with Crippen LogP contribution < -0.4 is 0 Å². The molecule has 4 nitrogen and oxygen atoms in total. The van der Waals surface area contributed by atoms with Crippen molar-refractivity contribution < 1.29 is 5.11 Å². The van der Waals surface area contributed by atoms with Crippen LogP contribution in [0.1, 0.15) is 25.6 Å². The number of aliphatic hydroxyl groups excluding tert-OH is 1. The molecule has 1 heterocycles. The van der Waals surface area contributed by atoms with Gasteiger partial charge in [0, 0.05) is 12.2 Å². The quantitative estimate of drug-likeness (QED) is 0.680. The maximum absolute atomic E-state index is 8.59. The fourth-order valence-electron chi connectivity index (χ4n) is 0.935. The highest BCUT2D eigenvalue weighted by atomic mass is 32.2. The third-order valence-electron chi connectivity index (χ3n) is 1.60. The first-order chi connectivity index (χ1) is 6.36. The van der Waals surface area contributed by atoms with Crippen molar-refractivity contribution in [3.05, 3.63) is 5.82 Å². The third kappa shape index (κ3) is 3.78. The summed E-state index contributed by atoms with van der Waals surface area (Å²) in [4.78, 5) is 4.27. The summed E-state index contributed by atoms with van der Waals surface area (Å²) in [7, 11) is 0. The maximum atomic E-state index is 8.59. The number of hydrogen-bond acceptors (Lipinski definition) is 4. The van der Waals surface area contributed by atoms with E-state index >= 15 is 0 Å². The second-order valence-corrected chi connectivity index (χ2v) is 3.80. The van der Waals surface area contributed by atoms with Crippen LogP contribution in [0, 0.1) is 0 Å². The van der Waals surface area contributed by atoms with Crippen molar-refractivity contribution in [1.29, 1.82) is 0 Å². The zero-order valence-corrected chi connectivity index (χ0v) is 8.60. The van der Waals surface area contributed by atoms with Gasteiger partial charge in [-0.1, -0.05) is 25.1 Å². The molecule has 0 atom stereocenters. The molecule has 0 spiro atoms. The Bertz CT molecular complexity index is 217. The summed E-state index contributed by atoms with van der Waals surface area (Å²) in [5, 5.41) is 16.2. The smallest absolute Gasteiger partial charge is 0.208 e. The minimum absolute atomic E-state index is 0.170. The van der Waals surface area contributed by atoms with Crippen LogP contribution in [0.4, 0.5) is 0 Å². The number of aryl methyl sites for hydroxylation is 1. The molecular formula is C8H15N3OS. The molecule has 0 aromatic carbocycles. The van der Waals surface area contributed by atoms with Gasteiger partial charge in [-0.15, -0.1) is 5.10 Å². The molecule has 1 aromatic heterocycles. The Morgan fingerprint density at radius 3 is 3.08 bits per heavy atom. The third-order valence-corrected chi connectivity index (χ3v) is 2.43. The van der Waals surface area contributed by atoms with Crippen LogP contribution in [0.2, 0.25) is 0 Å². The molecule has 0 radical (unpaired) electrons. The van der Waals surface area contributed by atoms with E-state index in [-0.39, 0.29) is 6.61 Å². The second kappa shape index (κ2) is 5.99. The number of H-pyrrole nitrogens is 1. The van der Waals surface area contributed by atoms with E-state index in [1.54, 1.807) is 0 Å². The van der Waals surface area contributed by atoms with E-state index in [0.29, 0.717) is 5.75 Å². The first-order valence-electron chi connectivity index (χ1n) is 4.51. The van der Waals surface area contributed by atoms with Gasteiger partial charge in [0.1, 0.15) is 5.82 Å². The molecule has 74 valence electrons. The summed E-state index contributed by atoms with van der Waals surface area (Å²) in [6, 6.07) is 0.